The fraction of sp³-hybridized carbons (Fsp3) is 0.533. The van der Waals surface area contributed by atoms with E-state index in [-0.39, 0.29) is 23.8 Å². The molecule has 0 aliphatic rings. The van der Waals surface area contributed by atoms with E-state index in [0.717, 1.165) is 4.90 Å². The summed E-state index contributed by atoms with van der Waals surface area (Å²) in [6, 6.07) is 6.30. The van der Waals surface area contributed by atoms with Gasteiger partial charge in [-0.15, -0.1) is 24.2 Å². The van der Waals surface area contributed by atoms with Gasteiger partial charge in [-0.05, 0) is 18.6 Å². The molecule has 3 nitrogen and oxygen atoms in total. The van der Waals surface area contributed by atoms with Crippen molar-refractivity contribution in [2.75, 3.05) is 6.61 Å². The number of thioether (sulfide) groups is 1. The summed E-state index contributed by atoms with van der Waals surface area (Å²) >= 11 is 1.60. The molecule has 1 rings (SSSR count). The smallest absolute Gasteiger partial charge is 0.342 e. The molecule has 6 heteroatoms. The van der Waals surface area contributed by atoms with Crippen molar-refractivity contribution in [3.05, 3.63) is 29.8 Å². The highest BCUT2D eigenvalue weighted by Crippen LogP contribution is 2.36. The van der Waals surface area contributed by atoms with E-state index in [9.17, 15) is 9.18 Å². The molecule has 0 radical (unpaired) electrons. The summed E-state index contributed by atoms with van der Waals surface area (Å²) in [5.74, 6) is -0.907. The van der Waals surface area contributed by atoms with Gasteiger partial charge in [0.1, 0.15) is 0 Å². The van der Waals surface area contributed by atoms with Crippen LogP contribution in [-0.2, 0) is 9.53 Å². The highest BCUT2D eigenvalue weighted by molar-refractivity contribution is 8.00. The molecule has 0 amide bonds. The maximum absolute atomic E-state index is 14.1. The first kappa shape index (κ1) is 20.2. The van der Waals surface area contributed by atoms with E-state index in [1.165, 1.54) is 0 Å². The normalized spacial score (nSPS) is 14.0. The van der Waals surface area contributed by atoms with Crippen LogP contribution in [0.1, 0.15) is 39.3 Å². The maximum atomic E-state index is 14.1. The highest BCUT2D eigenvalue weighted by atomic mass is 35.5. The van der Waals surface area contributed by atoms with Gasteiger partial charge in [0.2, 0.25) is 6.17 Å². The van der Waals surface area contributed by atoms with Crippen LogP contribution >= 0.6 is 24.2 Å². The molecule has 0 saturated carbocycles. The van der Waals surface area contributed by atoms with Gasteiger partial charge in [-0.1, -0.05) is 39.0 Å². The van der Waals surface area contributed by atoms with Gasteiger partial charge >= 0.3 is 5.97 Å². The molecule has 0 spiro atoms. The first-order chi connectivity index (χ1) is 9.26. The lowest BCUT2D eigenvalue weighted by Gasteiger charge is -2.23. The molecule has 120 valence electrons. The molecule has 0 aliphatic carbocycles. The molecular formula is C15H23ClFNO2S. The first-order valence-corrected chi connectivity index (χ1v) is 7.42. The number of carbonyl (C=O) groups excluding carboxylic acids is 1. The highest BCUT2D eigenvalue weighted by Gasteiger charge is 2.30. The Hall–Kier alpha value is -0.780. The SMILES string of the molecule is CCOC(=O)C(F)[C@@H](N)c1ccccc1SC(C)(C)C.Cl. The molecule has 1 aromatic rings. The van der Waals surface area contributed by atoms with Crippen LogP contribution in [0.5, 0.6) is 0 Å². The number of nitrogens with two attached hydrogens (primary N) is 1. The summed E-state index contributed by atoms with van der Waals surface area (Å²) in [5, 5.41) is 0. The summed E-state index contributed by atoms with van der Waals surface area (Å²) in [6.07, 6.45) is -1.85. The minimum absolute atomic E-state index is 0. The molecule has 1 unspecified atom stereocenters. The third-order valence-electron chi connectivity index (χ3n) is 2.52. The van der Waals surface area contributed by atoms with Gasteiger partial charge in [0.15, 0.2) is 0 Å². The third-order valence-corrected chi connectivity index (χ3v) is 3.73. The van der Waals surface area contributed by atoms with E-state index >= 15 is 0 Å². The Balaban J connectivity index is 0.00000400. The van der Waals surface area contributed by atoms with Crippen LogP contribution in [0.2, 0.25) is 0 Å². The molecule has 0 saturated heterocycles. The molecule has 2 N–H and O–H groups in total. The minimum atomic E-state index is -1.85. The van der Waals surface area contributed by atoms with Crippen molar-refractivity contribution in [1.82, 2.24) is 0 Å². The van der Waals surface area contributed by atoms with E-state index in [1.807, 2.05) is 12.1 Å². The fourth-order valence-electron chi connectivity index (χ4n) is 1.70. The lowest BCUT2D eigenvalue weighted by atomic mass is 10.0. The molecule has 0 bridgehead atoms. The quantitative estimate of drug-likeness (QED) is 0.655. The zero-order valence-corrected chi connectivity index (χ0v) is 14.4. The predicted molar refractivity (Wildman–Crippen MR) is 87.8 cm³/mol. The Labute approximate surface area is 136 Å². The summed E-state index contributed by atoms with van der Waals surface area (Å²) < 4.78 is 18.7. The molecule has 0 fully saturated rings. The van der Waals surface area contributed by atoms with Crippen molar-refractivity contribution in [3.63, 3.8) is 0 Å². The summed E-state index contributed by atoms with van der Waals surface area (Å²) in [5.41, 5.74) is 6.53. The van der Waals surface area contributed by atoms with E-state index in [1.54, 1.807) is 30.8 Å². The lowest BCUT2D eigenvalue weighted by Crippen LogP contribution is -2.32. The van der Waals surface area contributed by atoms with Crippen LogP contribution in [0.15, 0.2) is 29.2 Å². The van der Waals surface area contributed by atoms with Gasteiger partial charge in [-0.25, -0.2) is 9.18 Å². The number of halogens is 2. The molecule has 0 heterocycles. The largest absolute Gasteiger partial charge is 0.464 e. The molecule has 21 heavy (non-hydrogen) atoms. The second-order valence-electron chi connectivity index (χ2n) is 5.43. The van der Waals surface area contributed by atoms with Gasteiger partial charge in [-0.2, -0.15) is 0 Å². The second kappa shape index (κ2) is 8.61. The summed E-state index contributed by atoms with van der Waals surface area (Å²) in [4.78, 5) is 12.4. The van der Waals surface area contributed by atoms with Crippen molar-refractivity contribution in [1.29, 1.82) is 0 Å². The van der Waals surface area contributed by atoms with Crippen LogP contribution in [-0.4, -0.2) is 23.5 Å². The predicted octanol–water partition coefficient (Wildman–Crippen LogP) is 3.90. The maximum Gasteiger partial charge on any atom is 0.342 e. The van der Waals surface area contributed by atoms with Gasteiger partial charge in [0.25, 0.3) is 0 Å². The van der Waals surface area contributed by atoms with Crippen molar-refractivity contribution in [2.45, 2.75) is 49.6 Å². The van der Waals surface area contributed by atoms with Gasteiger partial charge in [-0.3, -0.25) is 0 Å². The van der Waals surface area contributed by atoms with Gasteiger partial charge < -0.3 is 10.5 Å². The second-order valence-corrected chi connectivity index (χ2v) is 7.30. The van der Waals surface area contributed by atoms with Crippen LogP contribution in [0.25, 0.3) is 0 Å². The van der Waals surface area contributed by atoms with Gasteiger partial charge in [0, 0.05) is 9.64 Å². The molecule has 0 aliphatic heterocycles. The molecule has 1 aromatic carbocycles. The molecule has 0 aromatic heterocycles. The van der Waals surface area contributed by atoms with Crippen LogP contribution in [0, 0.1) is 0 Å². The van der Waals surface area contributed by atoms with Crippen molar-refractivity contribution >= 4 is 30.1 Å². The number of alkyl halides is 1. The van der Waals surface area contributed by atoms with E-state index < -0.39 is 18.2 Å². The lowest BCUT2D eigenvalue weighted by molar-refractivity contribution is -0.149. The standard InChI is InChI=1S/C15H22FNO2S.ClH/c1-5-19-14(18)12(16)13(17)10-8-6-7-9-11(10)20-15(2,3)4;/h6-9,12-13H,5,17H2,1-4H3;1H/t12?,13-;/m0./s1. The van der Waals surface area contributed by atoms with Gasteiger partial charge in [0.05, 0.1) is 12.6 Å². The number of rotatable bonds is 5. The molecule has 2 atom stereocenters. The van der Waals surface area contributed by atoms with E-state index in [0.29, 0.717) is 5.56 Å². The first-order valence-electron chi connectivity index (χ1n) is 6.60. The number of carbonyl (C=O) groups is 1. The van der Waals surface area contributed by atoms with E-state index in [4.69, 9.17) is 5.73 Å². The fourth-order valence-corrected chi connectivity index (χ4v) is 2.83. The monoisotopic (exact) mass is 335 g/mol. The van der Waals surface area contributed by atoms with E-state index in [2.05, 4.69) is 25.5 Å². The summed E-state index contributed by atoms with van der Waals surface area (Å²) in [7, 11) is 0. The number of hydrogen-bond acceptors (Lipinski definition) is 4. The average Bonchev–Trinajstić information content (AvgIpc) is 2.36. The van der Waals surface area contributed by atoms with Crippen molar-refractivity contribution in [2.24, 2.45) is 5.73 Å². The Morgan fingerprint density at radius 2 is 1.95 bits per heavy atom. The number of esters is 1. The van der Waals surface area contributed by atoms with Crippen LogP contribution in [0.4, 0.5) is 4.39 Å². The minimum Gasteiger partial charge on any atom is -0.464 e. The Morgan fingerprint density at radius 1 is 1.38 bits per heavy atom. The Bertz CT molecular complexity index is 465. The van der Waals surface area contributed by atoms with Crippen molar-refractivity contribution < 1.29 is 13.9 Å². The summed E-state index contributed by atoms with van der Waals surface area (Å²) in [6.45, 7) is 7.98. The number of ether oxygens (including phenoxy) is 1. The Morgan fingerprint density at radius 3 is 2.48 bits per heavy atom. The number of benzene rings is 1. The Kier molecular flexibility index (Phi) is 8.29. The average molecular weight is 336 g/mol. The van der Waals surface area contributed by atoms with Crippen molar-refractivity contribution in [3.8, 4) is 0 Å². The third kappa shape index (κ3) is 6.24. The van der Waals surface area contributed by atoms with Crippen LogP contribution < -0.4 is 5.73 Å². The zero-order valence-electron chi connectivity index (χ0n) is 12.8. The topological polar surface area (TPSA) is 52.3 Å². The number of hydrogen-bond donors (Lipinski definition) is 1. The van der Waals surface area contributed by atoms with Crippen LogP contribution in [0.3, 0.4) is 0 Å². The zero-order chi connectivity index (χ0) is 15.3. The molecular weight excluding hydrogens is 313 g/mol.